The summed E-state index contributed by atoms with van der Waals surface area (Å²) in [6, 6.07) is 4.28. The zero-order chi connectivity index (χ0) is 14.0. The van der Waals surface area contributed by atoms with Gasteiger partial charge in [-0.15, -0.1) is 0 Å². The van der Waals surface area contributed by atoms with Crippen LogP contribution in [0.1, 0.15) is 18.5 Å². The number of aryl methyl sites for hydroxylation is 1. The molecule has 102 valence electrons. The van der Waals surface area contributed by atoms with Gasteiger partial charge in [-0.1, -0.05) is 0 Å². The Balaban J connectivity index is 2.19. The number of rotatable bonds is 4. The van der Waals surface area contributed by atoms with Crippen LogP contribution >= 0.6 is 0 Å². The van der Waals surface area contributed by atoms with Crippen molar-refractivity contribution in [1.29, 1.82) is 0 Å². The van der Waals surface area contributed by atoms with Crippen molar-refractivity contribution in [2.45, 2.75) is 17.9 Å². The van der Waals surface area contributed by atoms with Gasteiger partial charge in [0.05, 0.1) is 11.1 Å². The Labute approximate surface area is 111 Å². The molecule has 7 heteroatoms. The third-order valence-electron chi connectivity index (χ3n) is 2.68. The maximum absolute atomic E-state index is 12.8. The lowest BCUT2D eigenvalue weighted by molar-refractivity contribution is 0.566. The normalized spacial score (nSPS) is 13.4. The molecule has 19 heavy (non-hydrogen) atoms. The maximum atomic E-state index is 12.8. The molecule has 0 saturated carbocycles. The Bertz CT molecular complexity index is 665. The van der Waals surface area contributed by atoms with Crippen LogP contribution in [0.3, 0.4) is 0 Å². The van der Waals surface area contributed by atoms with E-state index in [0.717, 1.165) is 17.7 Å². The fourth-order valence-corrected chi connectivity index (χ4v) is 2.88. The van der Waals surface area contributed by atoms with E-state index in [9.17, 15) is 12.8 Å². The highest BCUT2D eigenvalue weighted by atomic mass is 32.2. The van der Waals surface area contributed by atoms with E-state index < -0.39 is 21.9 Å². The van der Waals surface area contributed by atoms with E-state index in [-0.39, 0.29) is 4.90 Å². The van der Waals surface area contributed by atoms with Crippen molar-refractivity contribution in [1.82, 2.24) is 14.5 Å². The molecule has 0 aliphatic carbocycles. The first-order chi connectivity index (χ1) is 8.88. The first-order valence-corrected chi connectivity index (χ1v) is 7.13. The van der Waals surface area contributed by atoms with Crippen molar-refractivity contribution < 1.29 is 12.8 Å². The molecule has 2 rings (SSSR count). The molecule has 0 fully saturated rings. The monoisotopic (exact) mass is 283 g/mol. The van der Waals surface area contributed by atoms with E-state index in [1.54, 1.807) is 31.0 Å². The maximum Gasteiger partial charge on any atom is 0.241 e. The molecule has 0 amide bonds. The molecule has 1 aromatic heterocycles. The van der Waals surface area contributed by atoms with Crippen LogP contribution in [-0.2, 0) is 17.1 Å². The summed E-state index contributed by atoms with van der Waals surface area (Å²) in [4.78, 5) is 0.0321. The summed E-state index contributed by atoms with van der Waals surface area (Å²) in [5, 5.41) is 3.98. The zero-order valence-corrected chi connectivity index (χ0v) is 11.4. The molecule has 0 saturated heterocycles. The highest BCUT2D eigenvalue weighted by Gasteiger charge is 2.19. The predicted molar refractivity (Wildman–Crippen MR) is 68.3 cm³/mol. The first-order valence-electron chi connectivity index (χ1n) is 5.65. The molecule has 0 spiro atoms. The average Bonchev–Trinajstić information content (AvgIpc) is 2.76. The summed E-state index contributed by atoms with van der Waals surface area (Å²) in [7, 11) is -1.91. The number of sulfonamides is 1. The van der Waals surface area contributed by atoms with Crippen LogP contribution in [0.5, 0.6) is 0 Å². The van der Waals surface area contributed by atoms with Crippen molar-refractivity contribution in [3.05, 3.63) is 48.0 Å². The first kappa shape index (κ1) is 13.7. The second-order valence-electron chi connectivity index (χ2n) is 4.24. The summed E-state index contributed by atoms with van der Waals surface area (Å²) in [5.74, 6) is -0.473. The topological polar surface area (TPSA) is 64.0 Å². The van der Waals surface area contributed by atoms with Crippen LogP contribution in [0.4, 0.5) is 4.39 Å². The van der Waals surface area contributed by atoms with Gasteiger partial charge in [-0.2, -0.15) is 5.10 Å². The molecule has 2 aromatic rings. The Morgan fingerprint density at radius 1 is 1.32 bits per heavy atom. The highest BCUT2D eigenvalue weighted by molar-refractivity contribution is 7.89. The lowest BCUT2D eigenvalue weighted by Gasteiger charge is -2.12. The average molecular weight is 283 g/mol. The van der Waals surface area contributed by atoms with Crippen molar-refractivity contribution in [3.63, 3.8) is 0 Å². The van der Waals surface area contributed by atoms with E-state index in [4.69, 9.17) is 0 Å². The van der Waals surface area contributed by atoms with E-state index in [1.807, 2.05) is 0 Å². The fraction of sp³-hybridized carbons (Fsp3) is 0.250. The van der Waals surface area contributed by atoms with E-state index in [2.05, 4.69) is 9.82 Å². The Morgan fingerprint density at radius 2 is 1.95 bits per heavy atom. The summed E-state index contributed by atoms with van der Waals surface area (Å²) >= 11 is 0. The van der Waals surface area contributed by atoms with Crippen molar-refractivity contribution in [3.8, 4) is 0 Å². The highest BCUT2D eigenvalue weighted by Crippen LogP contribution is 2.16. The number of benzene rings is 1. The Hall–Kier alpha value is -1.73. The van der Waals surface area contributed by atoms with Crippen molar-refractivity contribution in [2.24, 2.45) is 7.05 Å². The predicted octanol–water partition coefficient (Wildman–Crippen LogP) is 1.60. The smallest absolute Gasteiger partial charge is 0.241 e. The number of hydrogen-bond donors (Lipinski definition) is 1. The van der Waals surface area contributed by atoms with Gasteiger partial charge in [-0.05, 0) is 31.2 Å². The van der Waals surface area contributed by atoms with E-state index in [1.165, 1.54) is 12.1 Å². The Kier molecular flexibility index (Phi) is 3.68. The molecule has 0 bridgehead atoms. The second kappa shape index (κ2) is 5.10. The van der Waals surface area contributed by atoms with Gasteiger partial charge in [-0.25, -0.2) is 17.5 Å². The standard InChI is InChI=1S/C12H14FN3O2S/c1-9(10-7-14-16(2)8-10)15-19(17,18)12-5-3-11(13)4-6-12/h3-9,15H,1-2H3. The summed E-state index contributed by atoms with van der Waals surface area (Å²) < 4.78 is 41.0. The molecule has 1 atom stereocenters. The van der Waals surface area contributed by atoms with Gasteiger partial charge in [0.25, 0.3) is 0 Å². The number of nitrogens with one attached hydrogen (secondary N) is 1. The molecule has 1 heterocycles. The van der Waals surface area contributed by atoms with Gasteiger partial charge < -0.3 is 0 Å². The summed E-state index contributed by atoms with van der Waals surface area (Å²) in [5.41, 5.74) is 0.758. The molecular formula is C12H14FN3O2S. The van der Waals surface area contributed by atoms with Crippen LogP contribution in [0.15, 0.2) is 41.6 Å². The molecule has 1 unspecified atom stereocenters. The van der Waals surface area contributed by atoms with Gasteiger partial charge in [0, 0.05) is 24.8 Å². The fourth-order valence-electron chi connectivity index (χ4n) is 1.65. The molecule has 5 nitrogen and oxygen atoms in total. The molecule has 0 aliphatic heterocycles. The molecular weight excluding hydrogens is 269 g/mol. The minimum absolute atomic E-state index is 0.0321. The SMILES string of the molecule is CC(NS(=O)(=O)c1ccc(F)cc1)c1cnn(C)c1. The van der Waals surface area contributed by atoms with E-state index in [0.29, 0.717) is 0 Å². The minimum atomic E-state index is -3.67. The third kappa shape index (κ3) is 3.18. The number of aromatic nitrogens is 2. The lowest BCUT2D eigenvalue weighted by Crippen LogP contribution is -2.26. The van der Waals surface area contributed by atoms with Crippen LogP contribution < -0.4 is 4.72 Å². The van der Waals surface area contributed by atoms with Crippen LogP contribution in [-0.4, -0.2) is 18.2 Å². The van der Waals surface area contributed by atoms with Gasteiger partial charge in [0.15, 0.2) is 0 Å². The lowest BCUT2D eigenvalue weighted by atomic mass is 10.2. The van der Waals surface area contributed by atoms with Crippen LogP contribution in [0.25, 0.3) is 0 Å². The molecule has 0 radical (unpaired) electrons. The second-order valence-corrected chi connectivity index (χ2v) is 5.96. The quantitative estimate of drug-likeness (QED) is 0.927. The minimum Gasteiger partial charge on any atom is -0.275 e. The summed E-state index contributed by atoms with van der Waals surface area (Å²) in [6.45, 7) is 1.72. The largest absolute Gasteiger partial charge is 0.275 e. The van der Waals surface area contributed by atoms with Crippen molar-refractivity contribution in [2.75, 3.05) is 0 Å². The number of halogens is 1. The van der Waals surface area contributed by atoms with Crippen molar-refractivity contribution >= 4 is 10.0 Å². The molecule has 1 N–H and O–H groups in total. The molecule has 0 aliphatic rings. The summed E-state index contributed by atoms with van der Waals surface area (Å²) in [6.07, 6.45) is 3.33. The Morgan fingerprint density at radius 3 is 2.47 bits per heavy atom. The van der Waals surface area contributed by atoms with Gasteiger partial charge in [-0.3, -0.25) is 4.68 Å². The zero-order valence-electron chi connectivity index (χ0n) is 10.5. The van der Waals surface area contributed by atoms with E-state index >= 15 is 0 Å². The van der Waals surface area contributed by atoms with Crippen LogP contribution in [0, 0.1) is 5.82 Å². The molecule has 1 aromatic carbocycles. The number of nitrogens with zero attached hydrogens (tertiary/aromatic N) is 2. The van der Waals surface area contributed by atoms with Gasteiger partial charge >= 0.3 is 0 Å². The van der Waals surface area contributed by atoms with Gasteiger partial charge in [0.2, 0.25) is 10.0 Å². The third-order valence-corrected chi connectivity index (χ3v) is 4.24. The van der Waals surface area contributed by atoms with Crippen LogP contribution in [0.2, 0.25) is 0 Å². The number of hydrogen-bond acceptors (Lipinski definition) is 3. The van der Waals surface area contributed by atoms with Gasteiger partial charge in [0.1, 0.15) is 5.82 Å².